The lowest BCUT2D eigenvalue weighted by atomic mass is 10.0. The number of ether oxygens (including phenoxy) is 1. The molecule has 2 aromatic rings. The summed E-state index contributed by atoms with van der Waals surface area (Å²) < 4.78 is 5.52. The number of hydrogen-bond donors (Lipinski definition) is 1. The number of halogens is 1. The molecule has 0 bridgehead atoms. The molecule has 2 unspecified atom stereocenters. The minimum absolute atomic E-state index is 0. The molecule has 1 saturated heterocycles. The zero-order chi connectivity index (χ0) is 18.4. The Balaban J connectivity index is 0.00000261. The van der Waals surface area contributed by atoms with Gasteiger partial charge in [0.25, 0.3) is 0 Å². The molecule has 1 amide bonds. The van der Waals surface area contributed by atoms with Gasteiger partial charge in [-0.2, -0.15) is 0 Å². The first-order valence-electron chi connectivity index (χ1n) is 9.00. The minimum atomic E-state index is -0.0782. The summed E-state index contributed by atoms with van der Waals surface area (Å²) >= 11 is 1.70. The summed E-state index contributed by atoms with van der Waals surface area (Å²) in [6, 6.07) is 18.3. The number of thioether (sulfide) groups is 1. The standard InChI is InChI=1S/C21H26N2O2S.ClH/c1-16(26-15-17-8-4-3-5-9-17)21(24)23-13-12-22-14-19(23)18-10-6-7-11-20(18)25-2;/h3-11,16,19,22H,12-15H2,1-2H3;1H. The molecule has 0 saturated carbocycles. The predicted molar refractivity (Wildman–Crippen MR) is 115 cm³/mol. The Hall–Kier alpha value is -1.69. The summed E-state index contributed by atoms with van der Waals surface area (Å²) in [6.45, 7) is 4.31. The lowest BCUT2D eigenvalue weighted by molar-refractivity contribution is -0.133. The van der Waals surface area contributed by atoms with Gasteiger partial charge in [-0.05, 0) is 18.6 Å². The van der Waals surface area contributed by atoms with Gasteiger partial charge < -0.3 is 15.0 Å². The second-order valence-electron chi connectivity index (χ2n) is 6.43. The number of piperazine rings is 1. The molecule has 0 aliphatic carbocycles. The van der Waals surface area contributed by atoms with Crippen molar-refractivity contribution in [3.05, 3.63) is 65.7 Å². The molecular weight excluding hydrogens is 380 g/mol. The largest absolute Gasteiger partial charge is 0.496 e. The first-order chi connectivity index (χ1) is 12.7. The normalized spacial score (nSPS) is 17.7. The van der Waals surface area contributed by atoms with E-state index >= 15 is 0 Å². The zero-order valence-electron chi connectivity index (χ0n) is 15.8. The summed E-state index contributed by atoms with van der Waals surface area (Å²) in [4.78, 5) is 15.2. The van der Waals surface area contributed by atoms with Crippen molar-refractivity contribution in [2.45, 2.75) is 24.0 Å². The molecule has 0 radical (unpaired) electrons. The van der Waals surface area contributed by atoms with E-state index in [4.69, 9.17) is 4.74 Å². The highest BCUT2D eigenvalue weighted by atomic mass is 35.5. The Kier molecular flexibility index (Phi) is 8.48. The first-order valence-corrected chi connectivity index (χ1v) is 10.0. The molecule has 1 N–H and O–H groups in total. The molecule has 1 aliphatic rings. The van der Waals surface area contributed by atoms with Gasteiger partial charge in [0.15, 0.2) is 0 Å². The van der Waals surface area contributed by atoms with E-state index in [1.54, 1.807) is 18.9 Å². The molecule has 2 atom stereocenters. The molecule has 1 heterocycles. The molecule has 3 rings (SSSR count). The Morgan fingerprint density at radius 1 is 1.22 bits per heavy atom. The zero-order valence-corrected chi connectivity index (χ0v) is 17.4. The second kappa shape index (κ2) is 10.6. The summed E-state index contributed by atoms with van der Waals surface area (Å²) in [5, 5.41) is 3.33. The third-order valence-corrected chi connectivity index (χ3v) is 5.92. The first kappa shape index (κ1) is 21.6. The van der Waals surface area contributed by atoms with E-state index in [1.807, 2.05) is 48.2 Å². The highest BCUT2D eigenvalue weighted by Gasteiger charge is 2.32. The van der Waals surface area contributed by atoms with Gasteiger partial charge >= 0.3 is 0 Å². The van der Waals surface area contributed by atoms with E-state index < -0.39 is 0 Å². The number of amides is 1. The van der Waals surface area contributed by atoms with Crippen molar-refractivity contribution in [1.29, 1.82) is 0 Å². The SMILES string of the molecule is COc1ccccc1C1CNCCN1C(=O)C(C)SCc1ccccc1.Cl. The maximum absolute atomic E-state index is 13.1. The van der Waals surface area contributed by atoms with Crippen LogP contribution in [0.5, 0.6) is 5.75 Å². The average Bonchev–Trinajstić information content (AvgIpc) is 2.72. The van der Waals surface area contributed by atoms with Crippen molar-refractivity contribution in [2.75, 3.05) is 26.7 Å². The van der Waals surface area contributed by atoms with Gasteiger partial charge in [-0.1, -0.05) is 48.5 Å². The van der Waals surface area contributed by atoms with Crippen LogP contribution >= 0.6 is 24.2 Å². The third kappa shape index (κ3) is 5.41. The van der Waals surface area contributed by atoms with Crippen LogP contribution in [0.4, 0.5) is 0 Å². The molecule has 4 nitrogen and oxygen atoms in total. The number of nitrogens with one attached hydrogen (secondary N) is 1. The van der Waals surface area contributed by atoms with Gasteiger partial charge in [-0.3, -0.25) is 4.79 Å². The topological polar surface area (TPSA) is 41.6 Å². The van der Waals surface area contributed by atoms with Crippen molar-refractivity contribution < 1.29 is 9.53 Å². The van der Waals surface area contributed by atoms with Crippen LogP contribution in [0.3, 0.4) is 0 Å². The molecule has 27 heavy (non-hydrogen) atoms. The number of benzene rings is 2. The van der Waals surface area contributed by atoms with Crippen molar-refractivity contribution in [2.24, 2.45) is 0 Å². The second-order valence-corrected chi connectivity index (χ2v) is 7.76. The number of carbonyl (C=O) groups is 1. The van der Waals surface area contributed by atoms with Crippen molar-refractivity contribution in [3.63, 3.8) is 0 Å². The van der Waals surface area contributed by atoms with Crippen LogP contribution in [-0.2, 0) is 10.5 Å². The molecule has 146 valence electrons. The third-order valence-electron chi connectivity index (χ3n) is 4.71. The molecule has 0 spiro atoms. The molecule has 0 aromatic heterocycles. The van der Waals surface area contributed by atoms with E-state index in [9.17, 15) is 4.79 Å². The fraction of sp³-hybridized carbons (Fsp3) is 0.381. The van der Waals surface area contributed by atoms with Crippen LogP contribution in [0.2, 0.25) is 0 Å². The van der Waals surface area contributed by atoms with E-state index in [2.05, 4.69) is 23.5 Å². The maximum Gasteiger partial charge on any atom is 0.236 e. The lowest BCUT2D eigenvalue weighted by Gasteiger charge is -2.38. The van der Waals surface area contributed by atoms with Gasteiger partial charge in [0, 0.05) is 31.0 Å². The van der Waals surface area contributed by atoms with E-state index in [1.165, 1.54) is 5.56 Å². The summed E-state index contributed by atoms with van der Waals surface area (Å²) in [5.74, 6) is 1.88. The number of para-hydroxylation sites is 1. The van der Waals surface area contributed by atoms with Crippen LogP contribution < -0.4 is 10.1 Å². The van der Waals surface area contributed by atoms with Crippen molar-refractivity contribution in [3.8, 4) is 5.75 Å². The molecule has 1 fully saturated rings. The van der Waals surface area contributed by atoms with Crippen LogP contribution in [0.15, 0.2) is 54.6 Å². The lowest BCUT2D eigenvalue weighted by Crippen LogP contribution is -2.50. The summed E-state index contributed by atoms with van der Waals surface area (Å²) in [5.41, 5.74) is 2.31. The fourth-order valence-electron chi connectivity index (χ4n) is 3.29. The average molecular weight is 407 g/mol. The van der Waals surface area contributed by atoms with Crippen molar-refractivity contribution in [1.82, 2.24) is 10.2 Å². The van der Waals surface area contributed by atoms with Gasteiger partial charge in [-0.25, -0.2) is 0 Å². The quantitative estimate of drug-likeness (QED) is 0.789. The van der Waals surface area contributed by atoms with E-state index in [0.29, 0.717) is 0 Å². The van der Waals surface area contributed by atoms with Crippen molar-refractivity contribution >= 4 is 30.1 Å². The number of rotatable bonds is 6. The van der Waals surface area contributed by atoms with Gasteiger partial charge in [0.05, 0.1) is 18.4 Å². The Bertz CT molecular complexity index is 729. The highest BCUT2D eigenvalue weighted by molar-refractivity contribution is 7.99. The Morgan fingerprint density at radius 3 is 2.67 bits per heavy atom. The minimum Gasteiger partial charge on any atom is -0.496 e. The predicted octanol–water partition coefficient (Wildman–Crippen LogP) is 3.91. The Morgan fingerprint density at radius 2 is 1.93 bits per heavy atom. The number of carbonyl (C=O) groups excluding carboxylic acids is 1. The van der Waals surface area contributed by atoms with Gasteiger partial charge in [0.1, 0.15) is 5.75 Å². The summed E-state index contributed by atoms with van der Waals surface area (Å²) in [7, 11) is 1.68. The van der Waals surface area contributed by atoms with E-state index in [0.717, 1.165) is 36.7 Å². The molecular formula is C21H27ClN2O2S. The van der Waals surface area contributed by atoms with Gasteiger partial charge in [0.2, 0.25) is 5.91 Å². The van der Waals surface area contributed by atoms with E-state index in [-0.39, 0.29) is 29.6 Å². The maximum atomic E-state index is 13.1. The number of hydrogen-bond acceptors (Lipinski definition) is 4. The molecule has 6 heteroatoms. The Labute approximate surface area is 172 Å². The highest BCUT2D eigenvalue weighted by Crippen LogP contribution is 2.32. The monoisotopic (exact) mass is 406 g/mol. The smallest absolute Gasteiger partial charge is 0.236 e. The molecule has 1 aliphatic heterocycles. The number of methoxy groups -OCH3 is 1. The molecule has 2 aromatic carbocycles. The van der Waals surface area contributed by atoms with Gasteiger partial charge in [-0.15, -0.1) is 24.2 Å². The van der Waals surface area contributed by atoms with Crippen LogP contribution in [-0.4, -0.2) is 42.8 Å². The summed E-state index contributed by atoms with van der Waals surface area (Å²) in [6.07, 6.45) is 0. The van der Waals surface area contributed by atoms with Crippen LogP contribution in [0.25, 0.3) is 0 Å². The fourth-order valence-corrected chi connectivity index (χ4v) is 4.20. The van der Waals surface area contributed by atoms with Crippen LogP contribution in [0, 0.1) is 0 Å². The van der Waals surface area contributed by atoms with Crippen LogP contribution in [0.1, 0.15) is 24.1 Å². The number of nitrogens with zero attached hydrogens (tertiary/aromatic N) is 1.